The van der Waals surface area contributed by atoms with Crippen molar-refractivity contribution in [1.82, 2.24) is 0 Å². The van der Waals surface area contributed by atoms with Crippen LogP contribution >= 0.6 is 22.7 Å². The second-order valence-electron chi connectivity index (χ2n) is 6.52. The Hall–Kier alpha value is -0.0800. The van der Waals surface area contributed by atoms with Gasteiger partial charge in [0.25, 0.3) is 0 Å². The van der Waals surface area contributed by atoms with Crippen LogP contribution in [0.3, 0.4) is 0 Å². The lowest BCUT2D eigenvalue weighted by atomic mass is 9.87. The van der Waals surface area contributed by atoms with Crippen LogP contribution < -0.4 is 0 Å². The normalized spacial score (nSPS) is 14.8. The van der Waals surface area contributed by atoms with E-state index >= 15 is 0 Å². The molecule has 0 aromatic heterocycles. The zero-order chi connectivity index (χ0) is 13.5. The fourth-order valence-electron chi connectivity index (χ4n) is 1.80. The molecule has 1 aromatic carbocycles. The summed E-state index contributed by atoms with van der Waals surface area (Å²) in [5.41, 5.74) is 1.65. The Labute approximate surface area is 114 Å². The van der Waals surface area contributed by atoms with E-state index in [1.165, 1.54) is 10.5 Å². The van der Waals surface area contributed by atoms with Gasteiger partial charge >= 0.3 is 0 Å². The SMILES string of the molecule is CC(C)(C)c1ccccc1S(C)(C)C(C)(C)S. The first-order valence-corrected chi connectivity index (χ1v) is 8.92. The van der Waals surface area contributed by atoms with Crippen LogP contribution in [0.2, 0.25) is 0 Å². The van der Waals surface area contributed by atoms with Crippen molar-refractivity contribution >= 4 is 22.7 Å². The quantitative estimate of drug-likeness (QED) is 0.712. The fourth-order valence-corrected chi connectivity index (χ4v) is 3.98. The van der Waals surface area contributed by atoms with Gasteiger partial charge in [0.1, 0.15) is 0 Å². The topological polar surface area (TPSA) is 0 Å². The van der Waals surface area contributed by atoms with E-state index in [9.17, 15) is 0 Å². The number of hydrogen-bond acceptors (Lipinski definition) is 1. The Kier molecular flexibility index (Phi) is 4.01. The van der Waals surface area contributed by atoms with Crippen LogP contribution in [-0.2, 0) is 5.41 Å². The van der Waals surface area contributed by atoms with Crippen LogP contribution in [0, 0.1) is 0 Å². The molecule has 0 atom stereocenters. The summed E-state index contributed by atoms with van der Waals surface area (Å²) < 4.78 is 0.0361. The van der Waals surface area contributed by atoms with E-state index in [0.29, 0.717) is 0 Å². The molecule has 0 radical (unpaired) electrons. The molecule has 0 unspecified atom stereocenters. The van der Waals surface area contributed by atoms with Gasteiger partial charge in [-0.05, 0) is 48.3 Å². The lowest BCUT2D eigenvalue weighted by Gasteiger charge is -2.46. The summed E-state index contributed by atoms with van der Waals surface area (Å²) in [5, 5.41) is 0. The third kappa shape index (κ3) is 3.03. The van der Waals surface area contributed by atoms with Crippen molar-refractivity contribution in [2.24, 2.45) is 0 Å². The highest BCUT2D eigenvalue weighted by Crippen LogP contribution is 2.63. The maximum atomic E-state index is 4.83. The van der Waals surface area contributed by atoms with Crippen LogP contribution in [0.1, 0.15) is 40.2 Å². The first-order valence-electron chi connectivity index (χ1n) is 6.03. The Morgan fingerprint density at radius 3 is 1.82 bits per heavy atom. The third-order valence-electron chi connectivity index (χ3n) is 3.49. The van der Waals surface area contributed by atoms with E-state index in [0.717, 1.165) is 0 Å². The molecule has 98 valence electrons. The second kappa shape index (κ2) is 4.55. The van der Waals surface area contributed by atoms with E-state index in [1.807, 2.05) is 0 Å². The van der Waals surface area contributed by atoms with Crippen LogP contribution in [-0.4, -0.2) is 16.6 Å². The van der Waals surface area contributed by atoms with E-state index in [4.69, 9.17) is 12.6 Å². The lowest BCUT2D eigenvalue weighted by Crippen LogP contribution is -2.24. The van der Waals surface area contributed by atoms with Crippen molar-refractivity contribution < 1.29 is 0 Å². The van der Waals surface area contributed by atoms with Crippen molar-refractivity contribution in [2.75, 3.05) is 12.5 Å². The predicted octanol–water partition coefficient (Wildman–Crippen LogP) is 5.07. The maximum absolute atomic E-state index is 4.83. The van der Waals surface area contributed by atoms with Gasteiger partial charge in [-0.1, -0.05) is 39.0 Å². The van der Waals surface area contributed by atoms with Crippen molar-refractivity contribution in [3.8, 4) is 0 Å². The zero-order valence-electron chi connectivity index (χ0n) is 12.2. The minimum atomic E-state index is -0.926. The van der Waals surface area contributed by atoms with E-state index in [-0.39, 0.29) is 9.49 Å². The molecule has 1 rings (SSSR count). The Morgan fingerprint density at radius 1 is 0.941 bits per heavy atom. The van der Waals surface area contributed by atoms with Gasteiger partial charge in [0.05, 0.1) is 0 Å². The summed E-state index contributed by atoms with van der Waals surface area (Å²) in [7, 11) is -0.926. The number of rotatable bonds is 2. The van der Waals surface area contributed by atoms with Crippen LogP contribution in [0.4, 0.5) is 0 Å². The number of hydrogen-bond donors (Lipinski definition) is 1. The summed E-state index contributed by atoms with van der Waals surface area (Å²) in [6.45, 7) is 11.3. The fraction of sp³-hybridized carbons (Fsp3) is 0.600. The molecule has 0 N–H and O–H groups in total. The molecule has 0 heterocycles. The molecule has 0 aliphatic rings. The molecular formula is C15H26S2. The monoisotopic (exact) mass is 270 g/mol. The van der Waals surface area contributed by atoms with Crippen molar-refractivity contribution in [2.45, 2.75) is 49.0 Å². The molecule has 0 aliphatic heterocycles. The molecule has 2 heteroatoms. The van der Waals surface area contributed by atoms with Gasteiger partial charge in [-0.15, -0.1) is 0 Å². The largest absolute Gasteiger partial charge is 0.206 e. The molecule has 0 saturated heterocycles. The van der Waals surface area contributed by atoms with Crippen molar-refractivity contribution in [3.63, 3.8) is 0 Å². The molecule has 1 aromatic rings. The summed E-state index contributed by atoms with van der Waals surface area (Å²) in [5.74, 6) is 0. The highest BCUT2D eigenvalue weighted by atomic mass is 32.3. The van der Waals surface area contributed by atoms with Gasteiger partial charge in [0.15, 0.2) is 0 Å². The van der Waals surface area contributed by atoms with Crippen molar-refractivity contribution in [3.05, 3.63) is 29.8 Å². The molecule has 0 aliphatic carbocycles. The highest BCUT2D eigenvalue weighted by Gasteiger charge is 2.34. The Morgan fingerprint density at radius 2 is 1.41 bits per heavy atom. The van der Waals surface area contributed by atoms with Gasteiger partial charge in [-0.2, -0.15) is 12.6 Å². The predicted molar refractivity (Wildman–Crippen MR) is 85.9 cm³/mol. The zero-order valence-corrected chi connectivity index (χ0v) is 13.9. The summed E-state index contributed by atoms with van der Waals surface area (Å²) in [4.78, 5) is 1.49. The van der Waals surface area contributed by atoms with Crippen molar-refractivity contribution in [1.29, 1.82) is 0 Å². The van der Waals surface area contributed by atoms with E-state index in [2.05, 4.69) is 71.4 Å². The summed E-state index contributed by atoms with van der Waals surface area (Å²) in [6, 6.07) is 8.85. The molecular weight excluding hydrogens is 244 g/mol. The maximum Gasteiger partial charge on any atom is 0.0405 e. The Bertz CT molecular complexity index is 392. The van der Waals surface area contributed by atoms with Gasteiger partial charge in [-0.25, -0.2) is 10.0 Å². The van der Waals surface area contributed by atoms with Gasteiger partial charge in [0, 0.05) is 4.08 Å². The van der Waals surface area contributed by atoms with Gasteiger partial charge in [0.2, 0.25) is 0 Å². The second-order valence-corrected chi connectivity index (χ2v) is 12.1. The Balaban J connectivity index is 3.43. The first-order chi connectivity index (χ1) is 7.48. The third-order valence-corrected chi connectivity index (χ3v) is 8.82. The molecule has 0 bridgehead atoms. The van der Waals surface area contributed by atoms with E-state index in [1.54, 1.807) is 0 Å². The van der Waals surface area contributed by atoms with Crippen LogP contribution in [0.15, 0.2) is 29.2 Å². The highest BCUT2D eigenvalue weighted by molar-refractivity contribution is 8.38. The average Bonchev–Trinajstić information content (AvgIpc) is 2.14. The molecule has 0 saturated carbocycles. The molecule has 0 amide bonds. The molecule has 0 spiro atoms. The summed E-state index contributed by atoms with van der Waals surface area (Å²) >= 11 is 4.83. The molecule has 0 fully saturated rings. The minimum absolute atomic E-state index is 0.0361. The van der Waals surface area contributed by atoms with Gasteiger partial charge < -0.3 is 0 Å². The first kappa shape index (κ1) is 15.0. The van der Waals surface area contributed by atoms with Crippen LogP contribution in [0.25, 0.3) is 0 Å². The lowest BCUT2D eigenvalue weighted by molar-refractivity contribution is 0.577. The average molecular weight is 271 g/mol. The smallest absolute Gasteiger partial charge is 0.0405 e. The molecule has 0 nitrogen and oxygen atoms in total. The van der Waals surface area contributed by atoms with Crippen LogP contribution in [0.5, 0.6) is 0 Å². The van der Waals surface area contributed by atoms with E-state index < -0.39 is 10.0 Å². The number of thiol groups is 1. The van der Waals surface area contributed by atoms with Gasteiger partial charge in [-0.3, -0.25) is 0 Å². The number of benzene rings is 1. The minimum Gasteiger partial charge on any atom is -0.206 e. The summed E-state index contributed by atoms with van der Waals surface area (Å²) in [6.07, 6.45) is 4.73. The molecule has 17 heavy (non-hydrogen) atoms. The standard InChI is InChI=1S/C15H26S2/c1-14(2,3)12-10-8-9-11-13(12)17(6,7)15(4,5)16/h8-11,16H,1-7H3.